The molecule has 2 N–H and O–H groups in total. The number of hydrogen-bond donors (Lipinski definition) is 1. The molecule has 2 heterocycles. The number of fused-ring (bicyclic) bond motifs is 1. The van der Waals surface area contributed by atoms with Crippen LogP contribution in [-0.2, 0) is 6.54 Å². The van der Waals surface area contributed by atoms with Crippen LogP contribution < -0.4 is 5.73 Å². The summed E-state index contributed by atoms with van der Waals surface area (Å²) in [6.07, 6.45) is 2.59. The van der Waals surface area contributed by atoms with Crippen molar-refractivity contribution >= 4 is 17.2 Å². The molecule has 2 aliphatic rings. The Morgan fingerprint density at radius 1 is 1.43 bits per heavy atom. The Balaban J connectivity index is 1.78. The molecule has 3 nitrogen and oxygen atoms in total. The normalized spacial score (nSPS) is 26.8. The Labute approximate surface area is 130 Å². The lowest BCUT2D eigenvalue weighted by Crippen LogP contribution is -2.54. The van der Waals surface area contributed by atoms with Crippen molar-refractivity contribution in [2.24, 2.45) is 5.73 Å². The van der Waals surface area contributed by atoms with Crippen LogP contribution >= 0.6 is 12.2 Å². The Morgan fingerprint density at radius 2 is 2.24 bits per heavy atom. The first kappa shape index (κ1) is 14.9. The fourth-order valence-electron chi connectivity index (χ4n) is 3.60. The summed E-state index contributed by atoms with van der Waals surface area (Å²) in [5.41, 5.74) is 7.45. The van der Waals surface area contributed by atoms with E-state index < -0.39 is 0 Å². The Bertz CT molecular complexity index is 548. The summed E-state index contributed by atoms with van der Waals surface area (Å²) >= 11 is 5.07. The second-order valence-electron chi connectivity index (χ2n) is 6.24. The monoisotopic (exact) mass is 307 g/mol. The Hall–Kier alpha value is -1.04. The molecule has 21 heavy (non-hydrogen) atoms. The van der Waals surface area contributed by atoms with Gasteiger partial charge in [-0.05, 0) is 44.0 Å². The maximum Gasteiger partial charge on any atom is 0.123 e. The van der Waals surface area contributed by atoms with Crippen molar-refractivity contribution in [1.29, 1.82) is 0 Å². The lowest BCUT2D eigenvalue weighted by atomic mass is 10.0. The molecule has 2 atom stereocenters. The van der Waals surface area contributed by atoms with Gasteiger partial charge in [0.2, 0.25) is 0 Å². The van der Waals surface area contributed by atoms with Crippen LogP contribution in [0.2, 0.25) is 0 Å². The summed E-state index contributed by atoms with van der Waals surface area (Å²) in [6.45, 7) is 6.48. The minimum atomic E-state index is -0.282. The number of nitrogens with two attached hydrogens (primary N) is 1. The van der Waals surface area contributed by atoms with Gasteiger partial charge in [-0.15, -0.1) is 0 Å². The zero-order valence-corrected chi connectivity index (χ0v) is 13.2. The van der Waals surface area contributed by atoms with E-state index >= 15 is 0 Å². The molecule has 2 fully saturated rings. The zero-order valence-electron chi connectivity index (χ0n) is 12.4. The number of piperazine rings is 1. The van der Waals surface area contributed by atoms with E-state index in [1.807, 2.05) is 6.07 Å². The molecule has 2 aliphatic heterocycles. The molecule has 1 aromatic carbocycles. The SMILES string of the molecule is CC1CN2CCCC2CN1Cc1ccc(F)cc1C(N)=S. The van der Waals surface area contributed by atoms with E-state index in [1.54, 1.807) is 0 Å². The summed E-state index contributed by atoms with van der Waals surface area (Å²) in [4.78, 5) is 5.35. The lowest BCUT2D eigenvalue weighted by molar-refractivity contribution is 0.0540. The molecular weight excluding hydrogens is 285 g/mol. The maximum atomic E-state index is 13.4. The van der Waals surface area contributed by atoms with Crippen molar-refractivity contribution in [3.63, 3.8) is 0 Å². The number of rotatable bonds is 3. The van der Waals surface area contributed by atoms with Crippen LogP contribution in [0.25, 0.3) is 0 Å². The van der Waals surface area contributed by atoms with E-state index in [9.17, 15) is 4.39 Å². The molecule has 0 saturated carbocycles. The molecule has 2 saturated heterocycles. The van der Waals surface area contributed by atoms with Crippen LogP contribution in [0.5, 0.6) is 0 Å². The number of nitrogens with zero attached hydrogens (tertiary/aromatic N) is 2. The van der Waals surface area contributed by atoms with Crippen LogP contribution in [0, 0.1) is 5.82 Å². The standard InChI is InChI=1S/C16H22FN3S/c1-11-8-19-6-2-3-14(19)10-20(11)9-12-4-5-13(17)7-15(12)16(18)21/h4-5,7,11,14H,2-3,6,8-10H2,1H3,(H2,18,21). The number of thiocarbonyl (C=S) groups is 1. The Morgan fingerprint density at radius 3 is 3.00 bits per heavy atom. The second kappa shape index (κ2) is 5.99. The van der Waals surface area contributed by atoms with E-state index in [2.05, 4.69) is 16.7 Å². The summed E-state index contributed by atoms with van der Waals surface area (Å²) < 4.78 is 13.4. The smallest absolute Gasteiger partial charge is 0.123 e. The van der Waals surface area contributed by atoms with Gasteiger partial charge in [-0.2, -0.15) is 0 Å². The number of hydrogen-bond acceptors (Lipinski definition) is 3. The molecule has 5 heteroatoms. The van der Waals surface area contributed by atoms with Crippen LogP contribution in [0.1, 0.15) is 30.9 Å². The highest BCUT2D eigenvalue weighted by Gasteiger charge is 2.34. The fourth-order valence-corrected chi connectivity index (χ4v) is 3.79. The highest BCUT2D eigenvalue weighted by molar-refractivity contribution is 7.80. The van der Waals surface area contributed by atoms with E-state index in [4.69, 9.17) is 18.0 Å². The van der Waals surface area contributed by atoms with Gasteiger partial charge in [-0.3, -0.25) is 9.80 Å². The summed E-state index contributed by atoms with van der Waals surface area (Å²) in [6, 6.07) is 5.94. The van der Waals surface area contributed by atoms with Gasteiger partial charge >= 0.3 is 0 Å². The van der Waals surface area contributed by atoms with Crippen molar-refractivity contribution in [2.45, 2.75) is 38.4 Å². The molecular formula is C16H22FN3S. The van der Waals surface area contributed by atoms with Crippen molar-refractivity contribution in [1.82, 2.24) is 9.80 Å². The molecule has 2 unspecified atom stereocenters. The molecule has 3 rings (SSSR count). The molecule has 0 bridgehead atoms. The van der Waals surface area contributed by atoms with Crippen molar-refractivity contribution in [3.05, 3.63) is 35.1 Å². The van der Waals surface area contributed by atoms with E-state index in [-0.39, 0.29) is 10.8 Å². The number of halogens is 1. The van der Waals surface area contributed by atoms with Crippen molar-refractivity contribution < 1.29 is 4.39 Å². The van der Waals surface area contributed by atoms with E-state index in [1.165, 1.54) is 31.5 Å². The first-order valence-electron chi connectivity index (χ1n) is 7.61. The second-order valence-corrected chi connectivity index (χ2v) is 6.67. The van der Waals surface area contributed by atoms with Crippen molar-refractivity contribution in [3.8, 4) is 0 Å². The lowest BCUT2D eigenvalue weighted by Gasteiger charge is -2.42. The third-order valence-corrected chi connectivity index (χ3v) is 5.00. The summed E-state index contributed by atoms with van der Waals surface area (Å²) in [7, 11) is 0. The van der Waals surface area contributed by atoms with Crippen molar-refractivity contribution in [2.75, 3.05) is 19.6 Å². The van der Waals surface area contributed by atoms with Gasteiger partial charge in [0, 0.05) is 37.3 Å². The van der Waals surface area contributed by atoms with Crippen LogP contribution in [0.3, 0.4) is 0 Å². The average molecular weight is 307 g/mol. The predicted molar refractivity (Wildman–Crippen MR) is 86.8 cm³/mol. The first-order valence-corrected chi connectivity index (χ1v) is 8.02. The van der Waals surface area contributed by atoms with Crippen LogP contribution in [-0.4, -0.2) is 46.5 Å². The van der Waals surface area contributed by atoms with Gasteiger partial charge < -0.3 is 5.73 Å². The highest BCUT2D eigenvalue weighted by atomic mass is 32.1. The third kappa shape index (κ3) is 3.10. The van der Waals surface area contributed by atoms with E-state index in [0.29, 0.717) is 17.6 Å². The van der Waals surface area contributed by atoms with Gasteiger partial charge in [0.05, 0.1) is 0 Å². The molecule has 114 valence electrons. The first-order chi connectivity index (χ1) is 10.0. The third-order valence-electron chi connectivity index (χ3n) is 4.78. The van der Waals surface area contributed by atoms with Gasteiger partial charge in [-0.1, -0.05) is 18.3 Å². The van der Waals surface area contributed by atoms with Gasteiger partial charge in [0.25, 0.3) is 0 Å². The quantitative estimate of drug-likeness (QED) is 0.867. The molecule has 0 amide bonds. The molecule has 0 radical (unpaired) electrons. The molecule has 1 aromatic rings. The van der Waals surface area contributed by atoms with Gasteiger partial charge in [-0.25, -0.2) is 4.39 Å². The zero-order chi connectivity index (χ0) is 15.0. The van der Waals surface area contributed by atoms with Gasteiger partial charge in [0.15, 0.2) is 0 Å². The fraction of sp³-hybridized carbons (Fsp3) is 0.562. The Kier molecular flexibility index (Phi) is 4.24. The number of benzene rings is 1. The maximum absolute atomic E-state index is 13.4. The van der Waals surface area contributed by atoms with Gasteiger partial charge in [0.1, 0.15) is 10.8 Å². The molecule has 0 aliphatic carbocycles. The molecule has 0 aromatic heterocycles. The van der Waals surface area contributed by atoms with E-state index in [0.717, 1.165) is 25.2 Å². The topological polar surface area (TPSA) is 32.5 Å². The van der Waals surface area contributed by atoms with Crippen LogP contribution in [0.4, 0.5) is 4.39 Å². The predicted octanol–water partition coefficient (Wildman–Crippen LogP) is 2.13. The summed E-state index contributed by atoms with van der Waals surface area (Å²) in [5, 5.41) is 0. The largest absolute Gasteiger partial charge is 0.389 e. The summed E-state index contributed by atoms with van der Waals surface area (Å²) in [5.74, 6) is -0.282. The minimum Gasteiger partial charge on any atom is -0.389 e. The molecule has 0 spiro atoms. The average Bonchev–Trinajstić information content (AvgIpc) is 2.88. The van der Waals surface area contributed by atoms with Crippen LogP contribution in [0.15, 0.2) is 18.2 Å². The minimum absolute atomic E-state index is 0.275. The highest BCUT2D eigenvalue weighted by Crippen LogP contribution is 2.26.